The molecule has 3 unspecified atom stereocenters. The summed E-state index contributed by atoms with van der Waals surface area (Å²) < 4.78 is 17.2. The zero-order chi connectivity index (χ0) is 16.7. The summed E-state index contributed by atoms with van der Waals surface area (Å²) in [4.78, 5) is 6.24. The molecule has 3 atom stereocenters. The van der Waals surface area contributed by atoms with Gasteiger partial charge in [-0.25, -0.2) is 0 Å². The molecule has 130 valence electrons. The van der Waals surface area contributed by atoms with Crippen molar-refractivity contribution in [3.8, 4) is 0 Å². The van der Waals surface area contributed by atoms with E-state index in [1.807, 2.05) is 0 Å². The summed E-state index contributed by atoms with van der Waals surface area (Å²) in [6.07, 6.45) is 1.95. The summed E-state index contributed by atoms with van der Waals surface area (Å²) in [7, 11) is 5.23. The summed E-state index contributed by atoms with van der Waals surface area (Å²) in [6.45, 7) is 2.13. The van der Waals surface area contributed by atoms with E-state index in [0.717, 1.165) is 25.9 Å². The Kier molecular flexibility index (Phi) is 4.35. The molecule has 3 heterocycles. The Hall–Kier alpha value is -1.40. The van der Waals surface area contributed by atoms with Crippen molar-refractivity contribution >= 4 is 10.9 Å². The minimum Gasteiger partial charge on any atom is -0.381 e. The molecule has 1 N–H and O–H groups in total. The van der Waals surface area contributed by atoms with Gasteiger partial charge in [0.05, 0.1) is 18.1 Å². The largest absolute Gasteiger partial charge is 0.381 e. The van der Waals surface area contributed by atoms with E-state index in [-0.39, 0.29) is 24.4 Å². The van der Waals surface area contributed by atoms with E-state index in [0.29, 0.717) is 0 Å². The average molecular weight is 330 g/mol. The minimum atomic E-state index is -0.278. The third kappa shape index (κ3) is 2.39. The number of piperidine rings is 1. The van der Waals surface area contributed by atoms with E-state index < -0.39 is 0 Å². The summed E-state index contributed by atoms with van der Waals surface area (Å²) in [5.74, 6) is 0.144. The predicted molar refractivity (Wildman–Crippen MR) is 93.0 cm³/mol. The number of nitrogens with zero attached hydrogens (tertiary/aromatic N) is 1. The lowest BCUT2D eigenvalue weighted by Gasteiger charge is -2.48. The fourth-order valence-corrected chi connectivity index (χ4v) is 4.70. The molecule has 0 spiro atoms. The number of hydrogen-bond donors (Lipinski definition) is 1. The first-order valence-electron chi connectivity index (χ1n) is 8.70. The molecule has 2 aliphatic rings. The SMILES string of the molecule is COC1CCN2CCc3c([nH]c4ccccc34)C2C1C(OC)OC. The maximum Gasteiger partial charge on any atom is 0.163 e. The molecule has 1 aromatic carbocycles. The minimum absolute atomic E-state index is 0.133. The Balaban J connectivity index is 1.83. The highest BCUT2D eigenvalue weighted by Crippen LogP contribution is 2.45. The zero-order valence-electron chi connectivity index (χ0n) is 14.6. The van der Waals surface area contributed by atoms with Crippen LogP contribution < -0.4 is 0 Å². The van der Waals surface area contributed by atoms with Gasteiger partial charge in [0.25, 0.3) is 0 Å². The number of nitrogens with one attached hydrogen (secondary N) is 1. The Morgan fingerprint density at radius 3 is 2.67 bits per heavy atom. The summed E-state index contributed by atoms with van der Waals surface area (Å²) in [5, 5.41) is 1.34. The Morgan fingerprint density at radius 2 is 1.92 bits per heavy atom. The van der Waals surface area contributed by atoms with Gasteiger partial charge in [0, 0.05) is 51.0 Å². The molecule has 2 aromatic rings. The lowest BCUT2D eigenvalue weighted by Crippen LogP contribution is -2.53. The van der Waals surface area contributed by atoms with E-state index in [2.05, 4.69) is 34.1 Å². The first-order valence-corrected chi connectivity index (χ1v) is 8.70. The molecule has 4 rings (SSSR count). The van der Waals surface area contributed by atoms with Crippen molar-refractivity contribution in [1.82, 2.24) is 9.88 Å². The summed E-state index contributed by atoms with van der Waals surface area (Å²) in [6, 6.07) is 8.83. The summed E-state index contributed by atoms with van der Waals surface area (Å²) >= 11 is 0. The highest BCUT2D eigenvalue weighted by molar-refractivity contribution is 5.85. The average Bonchev–Trinajstić information content (AvgIpc) is 3.01. The normalized spacial score (nSPS) is 27.4. The highest BCUT2D eigenvalue weighted by Gasteiger charge is 2.47. The third-order valence-corrected chi connectivity index (χ3v) is 5.76. The van der Waals surface area contributed by atoms with Crippen molar-refractivity contribution in [3.63, 3.8) is 0 Å². The van der Waals surface area contributed by atoms with Gasteiger partial charge < -0.3 is 19.2 Å². The van der Waals surface area contributed by atoms with Gasteiger partial charge in [-0.1, -0.05) is 18.2 Å². The quantitative estimate of drug-likeness (QED) is 0.876. The van der Waals surface area contributed by atoms with Crippen LogP contribution in [0.25, 0.3) is 10.9 Å². The molecular formula is C19H26N2O3. The van der Waals surface area contributed by atoms with Gasteiger partial charge in [-0.3, -0.25) is 4.90 Å². The van der Waals surface area contributed by atoms with Crippen molar-refractivity contribution in [3.05, 3.63) is 35.5 Å². The van der Waals surface area contributed by atoms with Crippen molar-refractivity contribution < 1.29 is 14.2 Å². The molecule has 24 heavy (non-hydrogen) atoms. The number of ether oxygens (including phenoxy) is 3. The topological polar surface area (TPSA) is 46.7 Å². The standard InChI is InChI=1S/C19H26N2O3/c1-22-15-9-11-21-10-8-13-12-6-4-5-7-14(12)20-17(13)18(21)16(15)19(23-2)24-3/h4-7,15-16,18-20H,8-11H2,1-3H3. The molecule has 5 nitrogen and oxygen atoms in total. The fourth-order valence-electron chi connectivity index (χ4n) is 4.70. The van der Waals surface area contributed by atoms with Crippen molar-refractivity contribution in [2.75, 3.05) is 34.4 Å². The molecule has 1 fully saturated rings. The number of H-pyrrole nitrogens is 1. The van der Waals surface area contributed by atoms with Gasteiger partial charge >= 0.3 is 0 Å². The Bertz CT molecular complexity index is 702. The molecule has 0 amide bonds. The molecule has 1 saturated heterocycles. The summed E-state index contributed by atoms with van der Waals surface area (Å²) in [5.41, 5.74) is 3.97. The van der Waals surface area contributed by atoms with E-state index >= 15 is 0 Å². The molecule has 1 aromatic heterocycles. The number of aromatic nitrogens is 1. The number of benzene rings is 1. The van der Waals surface area contributed by atoms with Crippen molar-refractivity contribution in [1.29, 1.82) is 0 Å². The molecule has 5 heteroatoms. The van der Waals surface area contributed by atoms with E-state index in [4.69, 9.17) is 14.2 Å². The van der Waals surface area contributed by atoms with Crippen LogP contribution >= 0.6 is 0 Å². The van der Waals surface area contributed by atoms with Gasteiger partial charge in [-0.05, 0) is 24.5 Å². The van der Waals surface area contributed by atoms with Gasteiger partial charge in [0.1, 0.15) is 0 Å². The Morgan fingerprint density at radius 1 is 1.12 bits per heavy atom. The molecular weight excluding hydrogens is 304 g/mol. The van der Waals surface area contributed by atoms with E-state index in [9.17, 15) is 0 Å². The number of aromatic amines is 1. The molecule has 0 aliphatic carbocycles. The monoisotopic (exact) mass is 330 g/mol. The number of fused-ring (bicyclic) bond motifs is 5. The van der Waals surface area contributed by atoms with Crippen molar-refractivity contribution in [2.45, 2.75) is 31.3 Å². The number of methoxy groups -OCH3 is 3. The van der Waals surface area contributed by atoms with Gasteiger partial charge in [-0.2, -0.15) is 0 Å². The van der Waals surface area contributed by atoms with E-state index in [1.165, 1.54) is 22.2 Å². The molecule has 0 saturated carbocycles. The number of rotatable bonds is 4. The molecule has 0 bridgehead atoms. The van der Waals surface area contributed by atoms with Crippen LogP contribution in [-0.4, -0.2) is 56.7 Å². The second-order valence-corrected chi connectivity index (χ2v) is 6.77. The maximum atomic E-state index is 5.83. The first-order chi connectivity index (χ1) is 11.8. The second-order valence-electron chi connectivity index (χ2n) is 6.77. The van der Waals surface area contributed by atoms with Gasteiger partial charge in [-0.15, -0.1) is 0 Å². The first kappa shape index (κ1) is 16.1. The lowest BCUT2D eigenvalue weighted by molar-refractivity contribution is -0.198. The number of hydrogen-bond acceptors (Lipinski definition) is 4. The van der Waals surface area contributed by atoms with Crippen molar-refractivity contribution in [2.24, 2.45) is 5.92 Å². The zero-order valence-corrected chi connectivity index (χ0v) is 14.6. The predicted octanol–water partition coefficient (Wildman–Crippen LogP) is 2.72. The van der Waals surface area contributed by atoms with Gasteiger partial charge in [0.2, 0.25) is 0 Å². The third-order valence-electron chi connectivity index (χ3n) is 5.76. The van der Waals surface area contributed by atoms with Crippen LogP contribution in [0.3, 0.4) is 0 Å². The van der Waals surface area contributed by atoms with Crippen LogP contribution in [0.15, 0.2) is 24.3 Å². The lowest BCUT2D eigenvalue weighted by atomic mass is 9.80. The van der Waals surface area contributed by atoms with Crippen LogP contribution in [0, 0.1) is 5.92 Å². The van der Waals surface area contributed by atoms with Crippen LogP contribution in [0.5, 0.6) is 0 Å². The highest BCUT2D eigenvalue weighted by atomic mass is 16.7. The van der Waals surface area contributed by atoms with Crippen LogP contribution in [-0.2, 0) is 20.6 Å². The maximum absolute atomic E-state index is 5.83. The van der Waals surface area contributed by atoms with Crippen LogP contribution in [0.2, 0.25) is 0 Å². The smallest absolute Gasteiger partial charge is 0.163 e. The number of para-hydroxylation sites is 1. The molecule has 0 radical (unpaired) electrons. The van der Waals surface area contributed by atoms with Gasteiger partial charge in [0.15, 0.2) is 6.29 Å². The van der Waals surface area contributed by atoms with Crippen LogP contribution in [0.4, 0.5) is 0 Å². The van der Waals surface area contributed by atoms with Crippen LogP contribution in [0.1, 0.15) is 23.7 Å². The molecule has 2 aliphatic heterocycles. The second kappa shape index (κ2) is 6.48. The fraction of sp³-hybridized carbons (Fsp3) is 0.579. The van der Waals surface area contributed by atoms with E-state index in [1.54, 1.807) is 21.3 Å². The Labute approximate surface area is 142 Å².